The van der Waals surface area contributed by atoms with Crippen LogP contribution < -0.4 is 10.5 Å². The Labute approximate surface area is 192 Å². The summed E-state index contributed by atoms with van der Waals surface area (Å²) < 4.78 is 23.2. The topological polar surface area (TPSA) is 139 Å². The van der Waals surface area contributed by atoms with Gasteiger partial charge in [-0.25, -0.2) is 13.6 Å². The zero-order valence-corrected chi connectivity index (χ0v) is 19.2. The Balaban J connectivity index is 1.78. The van der Waals surface area contributed by atoms with Gasteiger partial charge in [-0.05, 0) is 43.5 Å². The van der Waals surface area contributed by atoms with Crippen LogP contribution in [0, 0.1) is 10.1 Å². The number of benzene rings is 2. The van der Waals surface area contributed by atoms with Crippen LogP contribution in [0.25, 0.3) is 0 Å². The summed E-state index contributed by atoms with van der Waals surface area (Å²) in [4.78, 5) is 14.0. The molecule has 0 unspecified atom stereocenters. The van der Waals surface area contributed by atoms with Gasteiger partial charge in [0.15, 0.2) is 0 Å². The SMILES string of the molecule is NS(=O)(=O)c1ccc(N[C@H](CCN(CCO)C2CC2)CSc2ccccc2)c([N+](=O)[O-])c1. The van der Waals surface area contributed by atoms with Crippen molar-refractivity contribution in [3.8, 4) is 0 Å². The smallest absolute Gasteiger partial charge is 0.293 e. The highest BCUT2D eigenvalue weighted by atomic mass is 32.2. The van der Waals surface area contributed by atoms with Crippen molar-refractivity contribution in [2.24, 2.45) is 5.14 Å². The normalized spacial score (nSPS) is 15.0. The number of nitrogens with one attached hydrogen (secondary N) is 1. The molecule has 0 amide bonds. The van der Waals surface area contributed by atoms with Crippen molar-refractivity contribution in [1.29, 1.82) is 0 Å². The zero-order valence-electron chi connectivity index (χ0n) is 17.6. The maximum atomic E-state index is 11.6. The number of sulfonamides is 1. The number of nitro benzene ring substituents is 1. The summed E-state index contributed by atoms with van der Waals surface area (Å²) in [6.45, 7) is 1.45. The lowest BCUT2D eigenvalue weighted by Gasteiger charge is -2.25. The molecule has 0 radical (unpaired) electrons. The number of nitro groups is 1. The molecule has 0 saturated heterocycles. The largest absolute Gasteiger partial charge is 0.395 e. The molecule has 1 aliphatic rings. The Hall–Kier alpha value is -2.18. The fourth-order valence-electron chi connectivity index (χ4n) is 3.46. The molecule has 4 N–H and O–H groups in total. The lowest BCUT2D eigenvalue weighted by atomic mass is 10.2. The molecule has 1 fully saturated rings. The van der Waals surface area contributed by atoms with Crippen LogP contribution in [0.3, 0.4) is 0 Å². The number of nitrogens with two attached hydrogens (primary N) is 1. The molecule has 11 heteroatoms. The highest BCUT2D eigenvalue weighted by molar-refractivity contribution is 7.99. The number of primary sulfonamides is 1. The van der Waals surface area contributed by atoms with Gasteiger partial charge in [0.05, 0.1) is 16.4 Å². The first-order valence-corrected chi connectivity index (χ1v) is 12.9. The third kappa shape index (κ3) is 7.17. The molecule has 1 aliphatic carbocycles. The van der Waals surface area contributed by atoms with Crippen LogP contribution >= 0.6 is 11.8 Å². The molecule has 174 valence electrons. The molecule has 0 aromatic heterocycles. The van der Waals surface area contributed by atoms with E-state index in [9.17, 15) is 23.6 Å². The average Bonchev–Trinajstić information content (AvgIpc) is 3.60. The van der Waals surface area contributed by atoms with Gasteiger partial charge in [-0.1, -0.05) is 18.2 Å². The summed E-state index contributed by atoms with van der Waals surface area (Å²) in [6.07, 6.45) is 2.96. The molecule has 0 bridgehead atoms. The minimum Gasteiger partial charge on any atom is -0.395 e. The monoisotopic (exact) mass is 480 g/mol. The standard InChI is InChI=1S/C21H28N4O5S2/c22-32(29,30)19-8-9-20(21(14-19)25(27)28)23-16(15-31-18-4-2-1-3-5-18)10-11-24(12-13-26)17-6-7-17/h1-5,8-9,14,16-17,23,26H,6-7,10-13,15H2,(H2,22,29,30)/t16-/m1/s1. The fraction of sp³-hybridized carbons (Fsp3) is 0.429. The van der Waals surface area contributed by atoms with Gasteiger partial charge in [0.2, 0.25) is 10.0 Å². The molecule has 2 aromatic rings. The third-order valence-corrected chi connectivity index (χ3v) is 7.35. The molecule has 0 aliphatic heterocycles. The number of thioether (sulfide) groups is 1. The van der Waals surface area contributed by atoms with Gasteiger partial charge in [0, 0.05) is 41.9 Å². The Kier molecular flexibility index (Phi) is 8.49. The van der Waals surface area contributed by atoms with Gasteiger partial charge in [-0.15, -0.1) is 11.8 Å². The highest BCUT2D eigenvalue weighted by Crippen LogP contribution is 2.31. The van der Waals surface area contributed by atoms with E-state index in [2.05, 4.69) is 10.2 Å². The van der Waals surface area contributed by atoms with Crippen LogP contribution in [-0.4, -0.2) is 60.9 Å². The summed E-state index contributed by atoms with van der Waals surface area (Å²) in [5, 5.41) is 29.3. The summed E-state index contributed by atoms with van der Waals surface area (Å²) in [5.74, 6) is 0.662. The van der Waals surface area contributed by atoms with Crippen LogP contribution in [-0.2, 0) is 10.0 Å². The Morgan fingerprint density at radius 3 is 2.53 bits per heavy atom. The molecule has 1 saturated carbocycles. The molecular weight excluding hydrogens is 452 g/mol. The van der Waals surface area contributed by atoms with Crippen molar-refractivity contribution >= 4 is 33.2 Å². The van der Waals surface area contributed by atoms with Crippen molar-refractivity contribution in [3.05, 3.63) is 58.6 Å². The number of anilines is 1. The van der Waals surface area contributed by atoms with Crippen LogP contribution in [0.5, 0.6) is 0 Å². The van der Waals surface area contributed by atoms with Gasteiger partial charge in [0.1, 0.15) is 5.69 Å². The van der Waals surface area contributed by atoms with Gasteiger partial charge < -0.3 is 10.4 Å². The summed E-state index contributed by atoms with van der Waals surface area (Å²) in [5.41, 5.74) is -0.0816. The molecule has 0 heterocycles. The summed E-state index contributed by atoms with van der Waals surface area (Å²) in [7, 11) is -4.05. The third-order valence-electron chi connectivity index (χ3n) is 5.26. The van der Waals surface area contributed by atoms with Crippen molar-refractivity contribution in [2.45, 2.75) is 41.1 Å². The average molecular weight is 481 g/mol. The van der Waals surface area contributed by atoms with Gasteiger partial charge in [0.25, 0.3) is 5.69 Å². The van der Waals surface area contributed by atoms with Crippen molar-refractivity contribution in [3.63, 3.8) is 0 Å². The van der Waals surface area contributed by atoms with E-state index in [0.717, 1.165) is 30.3 Å². The molecule has 0 spiro atoms. The van der Waals surface area contributed by atoms with E-state index in [4.69, 9.17) is 5.14 Å². The van der Waals surface area contributed by atoms with Crippen LogP contribution in [0.1, 0.15) is 19.3 Å². The zero-order chi connectivity index (χ0) is 23.1. The van der Waals surface area contributed by atoms with Crippen LogP contribution in [0.15, 0.2) is 58.3 Å². The Bertz CT molecular complexity index is 1020. The van der Waals surface area contributed by atoms with E-state index in [-0.39, 0.29) is 28.9 Å². The van der Waals surface area contributed by atoms with Gasteiger partial charge in [-0.3, -0.25) is 15.0 Å². The second-order valence-corrected chi connectivity index (χ2v) is 10.4. The van der Waals surface area contributed by atoms with Gasteiger partial charge >= 0.3 is 0 Å². The Morgan fingerprint density at radius 1 is 1.22 bits per heavy atom. The second kappa shape index (κ2) is 11.1. The maximum Gasteiger partial charge on any atom is 0.293 e. The lowest BCUT2D eigenvalue weighted by molar-refractivity contribution is -0.384. The number of hydrogen-bond acceptors (Lipinski definition) is 8. The minimum absolute atomic E-state index is 0.0911. The van der Waals surface area contributed by atoms with Crippen LogP contribution in [0.4, 0.5) is 11.4 Å². The summed E-state index contributed by atoms with van der Waals surface area (Å²) in [6, 6.07) is 13.9. The van der Waals surface area contributed by atoms with Crippen LogP contribution in [0.2, 0.25) is 0 Å². The first-order valence-electron chi connectivity index (χ1n) is 10.4. The van der Waals surface area contributed by atoms with E-state index in [1.54, 1.807) is 11.8 Å². The quantitative estimate of drug-likeness (QED) is 0.226. The number of nitrogens with zero attached hydrogens (tertiary/aromatic N) is 2. The number of aliphatic hydroxyl groups excluding tert-OH is 1. The predicted molar refractivity (Wildman–Crippen MR) is 125 cm³/mol. The Morgan fingerprint density at radius 2 is 1.94 bits per heavy atom. The molecule has 1 atom stereocenters. The van der Waals surface area contributed by atoms with Crippen molar-refractivity contribution in [2.75, 3.05) is 30.8 Å². The van der Waals surface area contributed by atoms with Crippen molar-refractivity contribution < 1.29 is 18.4 Å². The van der Waals surface area contributed by atoms with E-state index in [0.29, 0.717) is 24.8 Å². The molecule has 2 aromatic carbocycles. The summed E-state index contributed by atoms with van der Waals surface area (Å²) >= 11 is 1.64. The van der Waals surface area contributed by atoms with E-state index in [1.165, 1.54) is 12.1 Å². The van der Waals surface area contributed by atoms with E-state index in [1.807, 2.05) is 30.3 Å². The number of rotatable bonds is 13. The van der Waals surface area contributed by atoms with E-state index >= 15 is 0 Å². The number of aliphatic hydroxyl groups is 1. The minimum atomic E-state index is -4.05. The first-order chi connectivity index (χ1) is 15.3. The highest BCUT2D eigenvalue weighted by Gasteiger charge is 2.29. The predicted octanol–water partition coefficient (Wildman–Crippen LogP) is 2.66. The molecule has 32 heavy (non-hydrogen) atoms. The van der Waals surface area contributed by atoms with E-state index < -0.39 is 14.9 Å². The lowest BCUT2D eigenvalue weighted by Crippen LogP contribution is -2.34. The van der Waals surface area contributed by atoms with Crippen molar-refractivity contribution in [1.82, 2.24) is 4.90 Å². The molecule has 3 rings (SSSR count). The molecular formula is C21H28N4O5S2. The maximum absolute atomic E-state index is 11.6. The second-order valence-electron chi connectivity index (χ2n) is 7.73. The fourth-order valence-corrected chi connectivity index (χ4v) is 4.99. The molecule has 9 nitrogen and oxygen atoms in total. The first kappa shape index (κ1) is 24.5. The van der Waals surface area contributed by atoms with Gasteiger partial charge in [-0.2, -0.15) is 0 Å². The number of hydrogen-bond donors (Lipinski definition) is 3.